The average molecular weight is 707 g/mol. The summed E-state index contributed by atoms with van der Waals surface area (Å²) in [6.07, 6.45) is 0. The Balaban J connectivity index is 1.37. The molecule has 8 aromatic rings. The third kappa shape index (κ3) is 5.82. The molecule has 1 unspecified atom stereocenters. The van der Waals surface area contributed by atoms with Gasteiger partial charge in [0.15, 0.2) is 11.6 Å². The number of hydrogen-bond donors (Lipinski definition) is 0. The topological polar surface area (TPSA) is 59.0 Å². The molecule has 1 aliphatic rings. The molecule has 1 aromatic heterocycles. The Morgan fingerprint density at radius 1 is 0.423 bits per heavy atom. The van der Waals surface area contributed by atoms with Crippen LogP contribution in [0.4, 0.5) is 11.4 Å². The van der Waals surface area contributed by atoms with Gasteiger partial charge in [-0.15, -0.1) is 0 Å². The summed E-state index contributed by atoms with van der Waals surface area (Å²) in [7, 11) is -3.91. The standard InChI is InChI=1S/C45H31N4OPS/c50-51(45-47-43(34-20-10-3-11-21-34)46-44(48-45)35-22-12-4-13-23-35)40-29-27-37(33-18-8-2-9-19-33)31-42(40)52-41-30-36(32-16-6-1-7-17-32)26-28-39(41)49(51)38-24-14-5-15-25-38/h1-31H. The Labute approximate surface area is 307 Å². The van der Waals surface area contributed by atoms with Gasteiger partial charge in [-0.05, 0) is 58.7 Å². The van der Waals surface area contributed by atoms with Crippen LogP contribution in [-0.2, 0) is 4.57 Å². The Kier molecular flexibility index (Phi) is 8.32. The molecule has 7 heteroatoms. The SMILES string of the molecule is O=P1(c2nc(-c3ccccc3)nc(-c3ccccc3)n2)c2ccc(-c3ccccc3)cc2Sc2cc(-c3ccccc3)ccc2N1c1ccccc1. The Morgan fingerprint density at radius 2 is 0.865 bits per heavy atom. The minimum Gasteiger partial charge on any atom is -0.286 e. The van der Waals surface area contributed by atoms with E-state index in [1.807, 2.05) is 126 Å². The molecule has 0 bridgehead atoms. The van der Waals surface area contributed by atoms with E-state index in [-0.39, 0.29) is 5.57 Å². The normalized spacial score (nSPS) is 15.0. The van der Waals surface area contributed by atoms with E-state index < -0.39 is 7.29 Å². The van der Waals surface area contributed by atoms with Gasteiger partial charge in [-0.2, -0.15) is 0 Å². The molecule has 0 aliphatic carbocycles. The summed E-state index contributed by atoms with van der Waals surface area (Å²) in [5.74, 6) is 0.929. The van der Waals surface area contributed by atoms with Crippen LogP contribution in [-0.4, -0.2) is 15.0 Å². The summed E-state index contributed by atoms with van der Waals surface area (Å²) >= 11 is 1.63. The van der Waals surface area contributed by atoms with E-state index in [2.05, 4.69) is 66.7 Å². The summed E-state index contributed by atoms with van der Waals surface area (Å²) in [5.41, 5.74) is 7.77. The van der Waals surface area contributed by atoms with Crippen LogP contribution >= 0.6 is 19.1 Å². The van der Waals surface area contributed by atoms with Crippen molar-refractivity contribution in [2.75, 3.05) is 4.67 Å². The molecule has 5 nitrogen and oxygen atoms in total. The number of rotatable bonds is 6. The predicted molar refractivity (Wildman–Crippen MR) is 214 cm³/mol. The van der Waals surface area contributed by atoms with Crippen molar-refractivity contribution in [2.24, 2.45) is 0 Å². The van der Waals surface area contributed by atoms with Gasteiger partial charge in [-0.25, -0.2) is 15.0 Å². The number of nitrogens with zero attached hydrogens (tertiary/aromatic N) is 4. The zero-order valence-electron chi connectivity index (χ0n) is 28.0. The number of benzene rings is 7. The van der Waals surface area contributed by atoms with Crippen molar-refractivity contribution >= 4 is 41.3 Å². The minimum absolute atomic E-state index is 0.221. The molecule has 0 radical (unpaired) electrons. The van der Waals surface area contributed by atoms with Gasteiger partial charge in [0, 0.05) is 26.6 Å². The predicted octanol–water partition coefficient (Wildman–Crippen LogP) is 11.1. The lowest BCUT2D eigenvalue weighted by Gasteiger charge is -2.33. The van der Waals surface area contributed by atoms with Crippen molar-refractivity contribution in [2.45, 2.75) is 9.79 Å². The molecule has 1 atom stereocenters. The molecule has 0 amide bonds. The molecule has 0 N–H and O–H groups in total. The van der Waals surface area contributed by atoms with Gasteiger partial charge in [-0.1, -0.05) is 163 Å². The first-order valence-corrected chi connectivity index (χ1v) is 19.5. The van der Waals surface area contributed by atoms with Gasteiger partial charge >= 0.3 is 0 Å². The zero-order valence-corrected chi connectivity index (χ0v) is 29.7. The van der Waals surface area contributed by atoms with Crippen LogP contribution < -0.4 is 15.5 Å². The lowest BCUT2D eigenvalue weighted by Crippen LogP contribution is -2.33. The van der Waals surface area contributed by atoms with Crippen LogP contribution in [0.25, 0.3) is 45.0 Å². The first kappa shape index (κ1) is 31.9. The van der Waals surface area contributed by atoms with Gasteiger partial charge in [0.1, 0.15) is 0 Å². The van der Waals surface area contributed by atoms with Crippen LogP contribution in [0.15, 0.2) is 198 Å². The van der Waals surface area contributed by atoms with Crippen LogP contribution in [0.1, 0.15) is 0 Å². The quantitative estimate of drug-likeness (QED) is 0.160. The maximum absolute atomic E-state index is 16.9. The molecule has 0 saturated carbocycles. The van der Waals surface area contributed by atoms with Gasteiger partial charge < -0.3 is 0 Å². The molecule has 2 heterocycles. The highest BCUT2D eigenvalue weighted by molar-refractivity contribution is 8.00. The second kappa shape index (κ2) is 13.6. The smallest absolute Gasteiger partial charge is 0.271 e. The molecular formula is C45H31N4OPS. The van der Waals surface area contributed by atoms with Crippen LogP contribution in [0.2, 0.25) is 0 Å². The average Bonchev–Trinajstić information content (AvgIpc) is 3.33. The molecule has 0 saturated heterocycles. The van der Waals surface area contributed by atoms with E-state index in [9.17, 15) is 0 Å². The lowest BCUT2D eigenvalue weighted by molar-refractivity contribution is 0.585. The molecule has 1 aliphatic heterocycles. The lowest BCUT2D eigenvalue weighted by atomic mass is 10.1. The van der Waals surface area contributed by atoms with Crippen LogP contribution in [0.3, 0.4) is 0 Å². The monoisotopic (exact) mass is 706 g/mol. The summed E-state index contributed by atoms with van der Waals surface area (Å²) in [6, 6.07) is 62.9. The van der Waals surface area contributed by atoms with Crippen molar-refractivity contribution in [3.63, 3.8) is 0 Å². The Bertz CT molecular complexity index is 2510. The van der Waals surface area contributed by atoms with E-state index in [1.165, 1.54) is 0 Å². The first-order chi connectivity index (χ1) is 25.6. The van der Waals surface area contributed by atoms with E-state index in [0.717, 1.165) is 54.5 Å². The van der Waals surface area contributed by atoms with Crippen molar-refractivity contribution in [1.82, 2.24) is 15.0 Å². The van der Waals surface area contributed by atoms with Gasteiger partial charge in [-0.3, -0.25) is 9.24 Å². The number of para-hydroxylation sites is 1. The third-order valence-corrected chi connectivity index (χ3v) is 13.2. The summed E-state index contributed by atoms with van der Waals surface area (Å²) in [6.45, 7) is 0. The van der Waals surface area contributed by atoms with Crippen LogP contribution in [0, 0.1) is 0 Å². The molecule has 248 valence electrons. The largest absolute Gasteiger partial charge is 0.286 e. The van der Waals surface area contributed by atoms with Gasteiger partial charge in [0.05, 0.1) is 11.0 Å². The second-order valence-corrected chi connectivity index (χ2v) is 16.0. The number of hydrogen-bond acceptors (Lipinski definition) is 5. The molecule has 52 heavy (non-hydrogen) atoms. The number of aromatic nitrogens is 3. The fourth-order valence-electron chi connectivity index (χ4n) is 6.62. The van der Waals surface area contributed by atoms with Gasteiger partial charge in [0.25, 0.3) is 7.29 Å². The van der Waals surface area contributed by atoms with Gasteiger partial charge in [0.2, 0.25) is 5.57 Å². The van der Waals surface area contributed by atoms with Crippen molar-refractivity contribution in [3.8, 4) is 45.0 Å². The fourth-order valence-corrected chi connectivity index (χ4v) is 10.9. The van der Waals surface area contributed by atoms with Crippen molar-refractivity contribution in [1.29, 1.82) is 0 Å². The van der Waals surface area contributed by atoms with E-state index in [0.29, 0.717) is 17.0 Å². The number of anilines is 2. The third-order valence-electron chi connectivity index (χ3n) is 9.15. The second-order valence-electron chi connectivity index (χ2n) is 12.4. The molecule has 0 spiro atoms. The summed E-state index contributed by atoms with van der Waals surface area (Å²) < 4.78 is 18.9. The Morgan fingerprint density at radius 3 is 1.38 bits per heavy atom. The highest BCUT2D eigenvalue weighted by Gasteiger charge is 2.44. The highest BCUT2D eigenvalue weighted by Crippen LogP contribution is 2.60. The Hall–Kier alpha value is -6.07. The fraction of sp³-hybridized carbons (Fsp3) is 0. The maximum atomic E-state index is 16.9. The van der Waals surface area contributed by atoms with Crippen LogP contribution in [0.5, 0.6) is 0 Å². The minimum atomic E-state index is -3.91. The van der Waals surface area contributed by atoms with Crippen molar-refractivity contribution < 1.29 is 4.57 Å². The molecular weight excluding hydrogens is 676 g/mol. The summed E-state index contributed by atoms with van der Waals surface area (Å²) in [5, 5.41) is 0.669. The van der Waals surface area contributed by atoms with E-state index in [1.54, 1.807) is 11.8 Å². The highest BCUT2D eigenvalue weighted by atomic mass is 32.2. The van der Waals surface area contributed by atoms with E-state index >= 15 is 4.57 Å². The summed E-state index contributed by atoms with van der Waals surface area (Å²) in [4.78, 5) is 17.1. The first-order valence-electron chi connectivity index (χ1n) is 17.1. The zero-order chi connectivity index (χ0) is 34.9. The van der Waals surface area contributed by atoms with E-state index in [4.69, 9.17) is 15.0 Å². The molecule has 9 rings (SSSR count). The van der Waals surface area contributed by atoms with Crippen molar-refractivity contribution in [3.05, 3.63) is 188 Å². The molecule has 0 fully saturated rings. The maximum Gasteiger partial charge on any atom is 0.271 e. The number of fused-ring (bicyclic) bond motifs is 2. The molecule has 7 aromatic carbocycles.